The van der Waals surface area contributed by atoms with Crippen LogP contribution in [0.3, 0.4) is 0 Å². The molecule has 0 aliphatic heterocycles. The lowest BCUT2D eigenvalue weighted by Gasteiger charge is -2.07. The van der Waals surface area contributed by atoms with Crippen LogP contribution in [0.5, 0.6) is 0 Å². The molecule has 0 aliphatic carbocycles. The first-order chi connectivity index (χ1) is 12.0. The third-order valence-corrected chi connectivity index (χ3v) is 4.52. The average molecular weight is 379 g/mol. The first-order valence-corrected chi connectivity index (χ1v) is 8.40. The fraction of sp³-hybridized carbons (Fsp3) is 0.176. The molecule has 0 unspecified atom stereocenters. The Kier molecular flexibility index (Phi) is 5.13. The van der Waals surface area contributed by atoms with Gasteiger partial charge in [-0.05, 0) is 49.8 Å². The van der Waals surface area contributed by atoms with Gasteiger partial charge in [-0.2, -0.15) is 0 Å². The Labute approximate surface area is 153 Å². The van der Waals surface area contributed by atoms with Crippen LogP contribution in [0.25, 0.3) is 11.0 Å². The molecule has 6 nitrogen and oxygen atoms in total. The van der Waals surface area contributed by atoms with Crippen molar-refractivity contribution in [3.63, 3.8) is 0 Å². The van der Waals surface area contributed by atoms with E-state index in [2.05, 4.69) is 15.6 Å². The number of carbonyl (C=O) groups excluding carboxylic acids is 1. The van der Waals surface area contributed by atoms with Crippen molar-refractivity contribution < 1.29 is 4.79 Å². The van der Waals surface area contributed by atoms with E-state index in [0.717, 1.165) is 23.1 Å². The fourth-order valence-electron chi connectivity index (χ4n) is 2.51. The Morgan fingerprint density at radius 1 is 1.16 bits per heavy atom. The molecule has 8 heteroatoms. The Morgan fingerprint density at radius 3 is 2.52 bits per heavy atom. The minimum Gasteiger partial charge on any atom is -0.319 e. The number of imidazole rings is 1. The van der Waals surface area contributed by atoms with Crippen LogP contribution in [0.4, 0.5) is 10.5 Å². The Balaban J connectivity index is 1.86. The van der Waals surface area contributed by atoms with E-state index >= 15 is 0 Å². The monoisotopic (exact) mass is 378 g/mol. The van der Waals surface area contributed by atoms with Crippen LogP contribution in [0.1, 0.15) is 5.56 Å². The summed E-state index contributed by atoms with van der Waals surface area (Å²) in [5, 5.41) is 6.36. The Morgan fingerprint density at radius 2 is 1.84 bits per heavy atom. The number of H-pyrrole nitrogens is 1. The molecule has 0 saturated heterocycles. The zero-order chi connectivity index (χ0) is 18.0. The number of nitrogens with one attached hydrogen (secondary N) is 3. The molecular weight excluding hydrogens is 363 g/mol. The maximum Gasteiger partial charge on any atom is 0.334 e. The van der Waals surface area contributed by atoms with Crippen LogP contribution in [-0.4, -0.2) is 29.2 Å². The zero-order valence-corrected chi connectivity index (χ0v) is 14.9. The van der Waals surface area contributed by atoms with E-state index in [4.69, 9.17) is 23.2 Å². The molecule has 0 bridgehead atoms. The number of likely N-dealkylation sites (N-methyl/N-ethyl adjacent to an activating group) is 1. The number of hydrogen-bond acceptors (Lipinski definition) is 3. The van der Waals surface area contributed by atoms with Gasteiger partial charge in [-0.15, -0.1) is 0 Å². The van der Waals surface area contributed by atoms with Crippen LogP contribution in [-0.2, 0) is 6.42 Å². The average Bonchev–Trinajstić information content (AvgIpc) is 2.89. The highest BCUT2D eigenvalue weighted by Crippen LogP contribution is 2.26. The summed E-state index contributed by atoms with van der Waals surface area (Å²) in [5.41, 5.74) is 1.99. The highest BCUT2D eigenvalue weighted by Gasteiger charge is 2.15. The van der Waals surface area contributed by atoms with E-state index in [1.807, 2.05) is 19.2 Å². The maximum absolute atomic E-state index is 12.5. The number of halogens is 2. The summed E-state index contributed by atoms with van der Waals surface area (Å²) in [7, 11) is 1.90. The number of amides is 1. The van der Waals surface area contributed by atoms with Gasteiger partial charge in [-0.1, -0.05) is 35.3 Å². The molecule has 3 aromatic rings. The number of nitrogens with zero attached hydrogens (tertiary/aromatic N) is 1. The van der Waals surface area contributed by atoms with Gasteiger partial charge in [0.1, 0.15) is 0 Å². The van der Waals surface area contributed by atoms with E-state index in [9.17, 15) is 9.59 Å². The summed E-state index contributed by atoms with van der Waals surface area (Å²) in [5.74, 6) is 0. The third-order valence-electron chi connectivity index (χ3n) is 3.80. The molecule has 2 aromatic carbocycles. The number of aromatic amines is 1. The number of aromatic nitrogens is 2. The van der Waals surface area contributed by atoms with Crippen molar-refractivity contribution in [3.8, 4) is 0 Å². The van der Waals surface area contributed by atoms with Gasteiger partial charge in [-0.25, -0.2) is 14.2 Å². The fourth-order valence-corrected chi connectivity index (χ4v) is 2.83. The summed E-state index contributed by atoms with van der Waals surface area (Å²) in [6.07, 6.45) is 0.895. The smallest absolute Gasteiger partial charge is 0.319 e. The van der Waals surface area contributed by atoms with Crippen molar-refractivity contribution in [3.05, 3.63) is 62.5 Å². The molecule has 3 rings (SSSR count). The number of hydrogen-bond donors (Lipinski definition) is 3. The molecule has 130 valence electrons. The normalized spacial score (nSPS) is 11.0. The van der Waals surface area contributed by atoms with Crippen LogP contribution in [0, 0.1) is 0 Å². The molecule has 1 heterocycles. The first-order valence-electron chi connectivity index (χ1n) is 7.64. The number of anilines is 1. The Bertz CT molecular complexity index is 977. The molecular formula is C17H16Cl2N4O2. The van der Waals surface area contributed by atoms with Gasteiger partial charge in [0.05, 0.1) is 21.1 Å². The van der Waals surface area contributed by atoms with Gasteiger partial charge in [0.15, 0.2) is 0 Å². The van der Waals surface area contributed by atoms with Gasteiger partial charge < -0.3 is 15.6 Å². The summed E-state index contributed by atoms with van der Waals surface area (Å²) >= 11 is 11.9. The predicted octanol–water partition coefficient (Wildman–Crippen LogP) is 3.48. The number of rotatable bonds is 4. The van der Waals surface area contributed by atoms with Crippen molar-refractivity contribution >= 4 is 46.0 Å². The topological polar surface area (TPSA) is 78.9 Å². The highest BCUT2D eigenvalue weighted by atomic mass is 35.5. The van der Waals surface area contributed by atoms with Crippen LogP contribution in [0.2, 0.25) is 10.0 Å². The van der Waals surface area contributed by atoms with Crippen LogP contribution >= 0.6 is 23.2 Å². The quantitative estimate of drug-likeness (QED) is 0.650. The number of fused-ring (bicyclic) bond motifs is 1. The van der Waals surface area contributed by atoms with Crippen molar-refractivity contribution in [2.24, 2.45) is 0 Å². The molecule has 1 amide bonds. The van der Waals surface area contributed by atoms with Gasteiger partial charge in [0.2, 0.25) is 0 Å². The summed E-state index contributed by atoms with van der Waals surface area (Å²) in [6.45, 7) is 0.875. The molecule has 0 radical (unpaired) electrons. The molecule has 0 saturated carbocycles. The van der Waals surface area contributed by atoms with Gasteiger partial charge in [-0.3, -0.25) is 0 Å². The van der Waals surface area contributed by atoms with E-state index in [-0.39, 0.29) is 5.02 Å². The SMILES string of the molecule is CNCCc1ccc(NC(=O)n2c(=O)[nH]c3cc(Cl)c(Cl)cc32)cc1. The molecule has 3 N–H and O–H groups in total. The van der Waals surface area contributed by atoms with E-state index in [0.29, 0.717) is 21.7 Å². The molecule has 0 fully saturated rings. The first kappa shape index (κ1) is 17.5. The van der Waals surface area contributed by atoms with Gasteiger partial charge in [0, 0.05) is 5.69 Å². The van der Waals surface area contributed by atoms with E-state index in [1.54, 1.807) is 12.1 Å². The molecule has 0 aliphatic rings. The largest absolute Gasteiger partial charge is 0.334 e. The van der Waals surface area contributed by atoms with Crippen molar-refractivity contribution in [1.29, 1.82) is 0 Å². The van der Waals surface area contributed by atoms with Crippen LogP contribution < -0.4 is 16.3 Å². The van der Waals surface area contributed by atoms with Crippen molar-refractivity contribution in [1.82, 2.24) is 14.9 Å². The molecule has 0 atom stereocenters. The highest BCUT2D eigenvalue weighted by molar-refractivity contribution is 6.42. The second-order valence-electron chi connectivity index (χ2n) is 5.53. The van der Waals surface area contributed by atoms with Crippen molar-refractivity contribution in [2.75, 3.05) is 18.9 Å². The molecule has 25 heavy (non-hydrogen) atoms. The summed E-state index contributed by atoms with van der Waals surface area (Å²) in [4.78, 5) is 27.2. The minimum absolute atomic E-state index is 0.267. The predicted molar refractivity (Wildman–Crippen MR) is 101 cm³/mol. The molecule has 1 aromatic heterocycles. The van der Waals surface area contributed by atoms with Gasteiger partial charge in [0.25, 0.3) is 0 Å². The molecule has 0 spiro atoms. The standard InChI is InChI=1S/C17H16Cl2N4O2/c1-20-7-6-10-2-4-11(5-3-10)21-16(24)23-15-9-13(19)12(18)8-14(15)22-17(23)25/h2-5,8-9,20H,6-7H2,1H3,(H,21,24)(H,22,25). The Hall–Kier alpha value is -2.28. The summed E-state index contributed by atoms with van der Waals surface area (Å²) in [6, 6.07) is 9.89. The second-order valence-corrected chi connectivity index (χ2v) is 6.34. The van der Waals surface area contributed by atoms with Crippen LogP contribution in [0.15, 0.2) is 41.2 Å². The lowest BCUT2D eigenvalue weighted by atomic mass is 10.1. The zero-order valence-electron chi connectivity index (χ0n) is 13.4. The van der Waals surface area contributed by atoms with Gasteiger partial charge >= 0.3 is 11.7 Å². The van der Waals surface area contributed by atoms with Crippen molar-refractivity contribution in [2.45, 2.75) is 6.42 Å². The number of carbonyl (C=O) groups is 1. The number of benzene rings is 2. The third kappa shape index (κ3) is 3.71. The lowest BCUT2D eigenvalue weighted by Crippen LogP contribution is -2.29. The van der Waals surface area contributed by atoms with E-state index in [1.165, 1.54) is 12.1 Å². The maximum atomic E-state index is 12.5. The lowest BCUT2D eigenvalue weighted by molar-refractivity contribution is 0.253. The van der Waals surface area contributed by atoms with E-state index < -0.39 is 11.7 Å². The second kappa shape index (κ2) is 7.31. The summed E-state index contributed by atoms with van der Waals surface area (Å²) < 4.78 is 0.993. The minimum atomic E-state index is -0.572.